The third kappa shape index (κ3) is 2.88. The minimum atomic E-state index is -3.93. The van der Waals surface area contributed by atoms with Crippen molar-refractivity contribution in [3.05, 3.63) is 45.5 Å². The van der Waals surface area contributed by atoms with E-state index >= 15 is 0 Å². The summed E-state index contributed by atoms with van der Waals surface area (Å²) < 4.78 is 27.2. The minimum absolute atomic E-state index is 0.129. The third-order valence-electron chi connectivity index (χ3n) is 4.36. The first kappa shape index (κ1) is 15.5. The number of nitrogens with zero attached hydrogens (tertiary/aromatic N) is 1. The topological polar surface area (TPSA) is 89.3 Å². The Hall–Kier alpha value is -1.44. The molecular formula is C14H15ClN2O4S. The molecule has 3 atom stereocenters. The Morgan fingerprint density at radius 3 is 2.68 bits per heavy atom. The molecule has 3 rings (SSSR count). The molecule has 0 spiro atoms. The minimum Gasteiger partial charge on any atom is -0.258 e. The Morgan fingerprint density at radius 2 is 2.09 bits per heavy atom. The van der Waals surface area contributed by atoms with Gasteiger partial charge in [0.1, 0.15) is 0 Å². The fourth-order valence-electron chi connectivity index (χ4n) is 3.28. The van der Waals surface area contributed by atoms with Crippen molar-refractivity contribution >= 4 is 27.3 Å². The molecule has 1 aromatic rings. The van der Waals surface area contributed by atoms with Crippen LogP contribution in [0.15, 0.2) is 35.2 Å². The highest BCUT2D eigenvalue weighted by molar-refractivity contribution is 7.89. The van der Waals surface area contributed by atoms with Crippen LogP contribution in [0, 0.1) is 27.9 Å². The summed E-state index contributed by atoms with van der Waals surface area (Å²) in [5, 5.41) is 11.2. The van der Waals surface area contributed by atoms with Crippen molar-refractivity contribution in [1.29, 1.82) is 0 Å². The number of fused-ring (bicyclic) bond motifs is 2. The van der Waals surface area contributed by atoms with Gasteiger partial charge in [-0.25, -0.2) is 13.1 Å². The highest BCUT2D eigenvalue weighted by Gasteiger charge is 2.36. The third-order valence-corrected chi connectivity index (χ3v) is 6.07. The molecular weight excluding hydrogens is 328 g/mol. The molecule has 1 fully saturated rings. The maximum absolute atomic E-state index is 12.4. The van der Waals surface area contributed by atoms with E-state index in [1.165, 1.54) is 12.1 Å². The number of rotatable bonds is 5. The summed E-state index contributed by atoms with van der Waals surface area (Å²) in [7, 11) is -3.93. The van der Waals surface area contributed by atoms with E-state index in [1.54, 1.807) is 0 Å². The standard InChI is InChI=1S/C14H15ClN2O4S/c15-12-3-4-14(13(7-12)17(18)19)22(20,21)16-8-11-6-9-1-2-10(11)5-9/h1-4,7,9-11,16H,5-6,8H2/t9-,10+,11-/m0/s1. The zero-order valence-corrected chi connectivity index (χ0v) is 13.2. The predicted molar refractivity (Wildman–Crippen MR) is 82.1 cm³/mol. The number of nitro groups is 1. The molecule has 22 heavy (non-hydrogen) atoms. The summed E-state index contributed by atoms with van der Waals surface area (Å²) in [5.74, 6) is 1.22. The highest BCUT2D eigenvalue weighted by Crippen LogP contribution is 2.43. The van der Waals surface area contributed by atoms with Gasteiger partial charge in [0.05, 0.1) is 4.92 Å². The van der Waals surface area contributed by atoms with Gasteiger partial charge in [0, 0.05) is 17.6 Å². The van der Waals surface area contributed by atoms with Gasteiger partial charge in [-0.1, -0.05) is 23.8 Å². The van der Waals surface area contributed by atoms with E-state index in [-0.39, 0.29) is 15.8 Å². The highest BCUT2D eigenvalue weighted by atomic mass is 35.5. The normalized spacial score (nSPS) is 26.5. The van der Waals surface area contributed by atoms with Crippen molar-refractivity contribution in [2.45, 2.75) is 17.7 Å². The van der Waals surface area contributed by atoms with Gasteiger partial charge in [-0.2, -0.15) is 0 Å². The first-order valence-corrected chi connectivity index (χ1v) is 8.85. The van der Waals surface area contributed by atoms with Crippen LogP contribution in [0.4, 0.5) is 5.69 Å². The number of hydrogen-bond acceptors (Lipinski definition) is 4. The van der Waals surface area contributed by atoms with Gasteiger partial charge in [0.15, 0.2) is 4.90 Å². The van der Waals surface area contributed by atoms with Gasteiger partial charge < -0.3 is 0 Å². The average Bonchev–Trinajstić information content (AvgIpc) is 3.07. The second-order valence-electron chi connectivity index (χ2n) is 5.76. The fourth-order valence-corrected chi connectivity index (χ4v) is 4.70. The molecule has 6 nitrogen and oxygen atoms in total. The molecule has 0 heterocycles. The molecule has 2 aliphatic rings. The van der Waals surface area contributed by atoms with E-state index in [0.29, 0.717) is 18.4 Å². The van der Waals surface area contributed by atoms with Crippen molar-refractivity contribution in [2.75, 3.05) is 6.54 Å². The van der Waals surface area contributed by atoms with Gasteiger partial charge in [-0.3, -0.25) is 10.1 Å². The van der Waals surface area contributed by atoms with Gasteiger partial charge in [-0.15, -0.1) is 0 Å². The predicted octanol–water partition coefficient (Wildman–Crippen LogP) is 2.74. The van der Waals surface area contributed by atoms with E-state index < -0.39 is 20.6 Å². The molecule has 2 aliphatic carbocycles. The van der Waals surface area contributed by atoms with Gasteiger partial charge in [-0.05, 0) is 42.7 Å². The molecule has 2 bridgehead atoms. The Bertz CT molecular complexity index is 747. The zero-order chi connectivity index (χ0) is 15.9. The second-order valence-corrected chi connectivity index (χ2v) is 7.93. The Labute approximate surface area is 133 Å². The van der Waals surface area contributed by atoms with Crippen LogP contribution < -0.4 is 4.72 Å². The molecule has 1 N–H and O–H groups in total. The maximum atomic E-state index is 12.4. The lowest BCUT2D eigenvalue weighted by Crippen LogP contribution is -2.31. The van der Waals surface area contributed by atoms with Crippen LogP contribution in [0.1, 0.15) is 12.8 Å². The first-order chi connectivity index (χ1) is 10.4. The molecule has 0 saturated heterocycles. The Kier molecular flexibility index (Phi) is 3.96. The molecule has 8 heteroatoms. The number of nitro benzene ring substituents is 1. The number of benzene rings is 1. The van der Waals surface area contributed by atoms with E-state index in [1.807, 2.05) is 0 Å². The smallest absolute Gasteiger partial charge is 0.258 e. The van der Waals surface area contributed by atoms with E-state index in [0.717, 1.165) is 18.9 Å². The fraction of sp³-hybridized carbons (Fsp3) is 0.429. The molecule has 0 unspecified atom stereocenters. The maximum Gasteiger partial charge on any atom is 0.290 e. The van der Waals surface area contributed by atoms with Gasteiger partial charge in [0.25, 0.3) is 5.69 Å². The lowest BCUT2D eigenvalue weighted by molar-refractivity contribution is -0.387. The zero-order valence-electron chi connectivity index (χ0n) is 11.6. The summed E-state index contributed by atoms with van der Waals surface area (Å²) in [6, 6.07) is 3.56. The van der Waals surface area contributed by atoms with Crippen molar-refractivity contribution in [1.82, 2.24) is 4.72 Å². The van der Waals surface area contributed by atoms with Crippen molar-refractivity contribution in [2.24, 2.45) is 17.8 Å². The SMILES string of the molecule is O=[N+]([O-])c1cc(Cl)ccc1S(=O)(=O)NC[C@@H]1C[C@H]2C=C[C@@H]1C2. The molecule has 1 saturated carbocycles. The molecule has 1 aromatic carbocycles. The first-order valence-electron chi connectivity index (χ1n) is 6.99. The largest absolute Gasteiger partial charge is 0.290 e. The van der Waals surface area contributed by atoms with Crippen molar-refractivity contribution < 1.29 is 13.3 Å². The molecule has 0 radical (unpaired) electrons. The molecule has 0 aliphatic heterocycles. The van der Waals surface area contributed by atoms with Crippen molar-refractivity contribution in [3.8, 4) is 0 Å². The summed E-state index contributed by atoms with van der Waals surface area (Å²) in [5.41, 5.74) is -0.507. The Morgan fingerprint density at radius 1 is 1.32 bits per heavy atom. The van der Waals surface area contributed by atoms with Crippen LogP contribution in [-0.4, -0.2) is 19.9 Å². The Balaban J connectivity index is 1.78. The van der Waals surface area contributed by atoms with E-state index in [4.69, 9.17) is 11.6 Å². The van der Waals surface area contributed by atoms with E-state index in [2.05, 4.69) is 16.9 Å². The number of hydrogen-bond donors (Lipinski definition) is 1. The summed E-state index contributed by atoms with van der Waals surface area (Å²) in [6.45, 7) is 0.299. The number of nitrogens with one attached hydrogen (secondary N) is 1. The van der Waals surface area contributed by atoms with Crippen LogP contribution in [0.3, 0.4) is 0 Å². The van der Waals surface area contributed by atoms with Crippen LogP contribution in [0.5, 0.6) is 0 Å². The lowest BCUT2D eigenvalue weighted by atomic mass is 9.94. The number of sulfonamides is 1. The second kappa shape index (κ2) is 5.64. The van der Waals surface area contributed by atoms with Crippen LogP contribution in [0.2, 0.25) is 5.02 Å². The average molecular weight is 343 g/mol. The molecule has 118 valence electrons. The quantitative estimate of drug-likeness (QED) is 0.506. The molecule has 0 amide bonds. The van der Waals surface area contributed by atoms with Gasteiger partial charge in [0.2, 0.25) is 10.0 Å². The summed E-state index contributed by atoms with van der Waals surface area (Å²) in [6.07, 6.45) is 6.36. The van der Waals surface area contributed by atoms with Crippen LogP contribution in [0.25, 0.3) is 0 Å². The van der Waals surface area contributed by atoms with Crippen molar-refractivity contribution in [3.63, 3.8) is 0 Å². The monoisotopic (exact) mass is 342 g/mol. The summed E-state index contributed by atoms with van der Waals surface area (Å²) >= 11 is 5.71. The van der Waals surface area contributed by atoms with E-state index in [9.17, 15) is 18.5 Å². The summed E-state index contributed by atoms with van der Waals surface area (Å²) in [4.78, 5) is 9.95. The lowest BCUT2D eigenvalue weighted by Gasteiger charge is -2.18. The molecule has 0 aromatic heterocycles. The number of allylic oxidation sites excluding steroid dienone is 2. The van der Waals surface area contributed by atoms with Crippen LogP contribution in [-0.2, 0) is 10.0 Å². The number of halogens is 1. The van der Waals surface area contributed by atoms with Gasteiger partial charge >= 0.3 is 0 Å². The van der Waals surface area contributed by atoms with Crippen LogP contribution >= 0.6 is 11.6 Å².